The molecule has 0 saturated carbocycles. The maximum Gasteiger partial charge on any atom is 0.307 e. The maximum absolute atomic E-state index is 10.7. The lowest BCUT2D eigenvalue weighted by atomic mass is 10.1. The molecule has 0 radical (unpaired) electrons. The van der Waals surface area contributed by atoms with Crippen molar-refractivity contribution in [2.24, 2.45) is 0 Å². The minimum absolute atomic E-state index is 0. The van der Waals surface area contributed by atoms with E-state index in [1.165, 1.54) is 15.5 Å². The van der Waals surface area contributed by atoms with Gasteiger partial charge in [-0.15, -0.1) is 11.3 Å². The Labute approximate surface area is 109 Å². The van der Waals surface area contributed by atoms with E-state index in [4.69, 9.17) is 5.11 Å². The molecule has 0 aliphatic heterocycles. The lowest BCUT2D eigenvalue weighted by molar-refractivity contribution is -0.136. The van der Waals surface area contributed by atoms with Gasteiger partial charge in [-0.3, -0.25) is 4.79 Å². The van der Waals surface area contributed by atoms with Gasteiger partial charge in [0.15, 0.2) is 0 Å². The summed E-state index contributed by atoms with van der Waals surface area (Å²) in [6.07, 6.45) is 0.0875. The quantitative estimate of drug-likeness (QED) is 0.743. The molecule has 92 valence electrons. The monoisotopic (exact) mass is 258 g/mol. The van der Waals surface area contributed by atoms with Gasteiger partial charge < -0.3 is 5.11 Å². The van der Waals surface area contributed by atoms with Crippen LogP contribution < -0.4 is 0 Å². The van der Waals surface area contributed by atoms with E-state index < -0.39 is 5.97 Å². The lowest BCUT2D eigenvalue weighted by Crippen LogP contribution is -1.99. The third kappa shape index (κ3) is 2.09. The Morgan fingerprint density at radius 1 is 1.06 bits per heavy atom. The van der Waals surface area contributed by atoms with E-state index in [1.54, 1.807) is 11.3 Å². The van der Waals surface area contributed by atoms with Crippen LogP contribution in [0.1, 0.15) is 13.0 Å². The number of carboxylic acid groups (broad SMARTS) is 1. The van der Waals surface area contributed by atoms with Gasteiger partial charge in [-0.05, 0) is 17.7 Å². The van der Waals surface area contributed by atoms with Gasteiger partial charge in [0, 0.05) is 20.2 Å². The van der Waals surface area contributed by atoms with Crippen LogP contribution in [-0.2, 0) is 11.2 Å². The highest BCUT2D eigenvalue weighted by atomic mass is 32.1. The number of hydrogen-bond acceptors (Lipinski definition) is 2. The molecule has 0 atom stereocenters. The van der Waals surface area contributed by atoms with E-state index in [-0.39, 0.29) is 13.8 Å². The smallest absolute Gasteiger partial charge is 0.307 e. The molecule has 0 unspecified atom stereocenters. The molecule has 0 fully saturated rings. The normalized spacial score (nSPS) is 10.4. The fourth-order valence-electron chi connectivity index (χ4n) is 2.05. The van der Waals surface area contributed by atoms with E-state index in [0.717, 1.165) is 10.3 Å². The lowest BCUT2D eigenvalue weighted by Gasteiger charge is -1.97. The molecule has 3 rings (SSSR count). The molecule has 0 saturated heterocycles. The maximum atomic E-state index is 10.7. The van der Waals surface area contributed by atoms with Crippen molar-refractivity contribution < 1.29 is 9.90 Å². The molecule has 1 aromatic heterocycles. The zero-order chi connectivity index (χ0) is 11.8. The third-order valence-corrected chi connectivity index (χ3v) is 3.93. The Kier molecular flexibility index (Phi) is 3.34. The van der Waals surface area contributed by atoms with Crippen LogP contribution in [0.5, 0.6) is 0 Å². The molecule has 2 nitrogen and oxygen atoms in total. The molecule has 3 heteroatoms. The molecular weight excluding hydrogens is 244 g/mol. The van der Waals surface area contributed by atoms with Gasteiger partial charge in [-0.2, -0.15) is 0 Å². The summed E-state index contributed by atoms with van der Waals surface area (Å²) in [5.74, 6) is -0.787. The molecule has 0 aliphatic carbocycles. The van der Waals surface area contributed by atoms with Crippen LogP contribution in [0.15, 0.2) is 42.5 Å². The molecule has 0 bridgehead atoms. The Bertz CT molecular complexity index is 713. The minimum Gasteiger partial charge on any atom is -0.481 e. The highest BCUT2D eigenvalue weighted by molar-refractivity contribution is 7.25. The predicted molar refractivity (Wildman–Crippen MR) is 77.4 cm³/mol. The summed E-state index contributed by atoms with van der Waals surface area (Å²) < 4.78 is 2.40. The average molecular weight is 258 g/mol. The van der Waals surface area contributed by atoms with Crippen molar-refractivity contribution in [3.8, 4) is 0 Å². The molecule has 3 aromatic rings. The fourth-order valence-corrected chi connectivity index (χ4v) is 3.22. The van der Waals surface area contributed by atoms with E-state index in [9.17, 15) is 4.79 Å². The van der Waals surface area contributed by atoms with Crippen LogP contribution in [-0.4, -0.2) is 11.1 Å². The van der Waals surface area contributed by atoms with Gasteiger partial charge >= 0.3 is 5.97 Å². The van der Waals surface area contributed by atoms with E-state index >= 15 is 0 Å². The summed E-state index contributed by atoms with van der Waals surface area (Å²) in [6.45, 7) is 0. The molecule has 1 heterocycles. The van der Waals surface area contributed by atoms with Crippen LogP contribution in [0.3, 0.4) is 0 Å². The summed E-state index contributed by atoms with van der Waals surface area (Å²) in [5.41, 5.74) is 0.858. The molecular formula is C15H14O2S. The number of fused-ring (bicyclic) bond motifs is 3. The van der Waals surface area contributed by atoms with E-state index in [0.29, 0.717) is 0 Å². The van der Waals surface area contributed by atoms with Gasteiger partial charge in [0.2, 0.25) is 0 Å². The first-order valence-corrected chi connectivity index (χ1v) is 6.17. The second kappa shape index (κ2) is 4.78. The Morgan fingerprint density at radius 3 is 2.56 bits per heavy atom. The second-order valence-electron chi connectivity index (χ2n) is 4.00. The van der Waals surface area contributed by atoms with Gasteiger partial charge in [0.25, 0.3) is 0 Å². The standard InChI is InChI=1S/C14H10O2S.CH4/c15-14(16)8-9-5-6-11-10-3-1-2-4-12(10)17-13(11)7-9;/h1-7H,8H2,(H,15,16);1H4. The van der Waals surface area contributed by atoms with Crippen molar-refractivity contribution in [3.63, 3.8) is 0 Å². The first kappa shape index (κ1) is 12.6. The average Bonchev–Trinajstić information content (AvgIpc) is 2.65. The molecule has 0 aliphatic rings. The number of hydrogen-bond donors (Lipinski definition) is 1. The third-order valence-electron chi connectivity index (χ3n) is 2.80. The molecule has 2 aromatic carbocycles. The van der Waals surface area contributed by atoms with Crippen molar-refractivity contribution in [1.82, 2.24) is 0 Å². The van der Waals surface area contributed by atoms with Crippen LogP contribution >= 0.6 is 11.3 Å². The van der Waals surface area contributed by atoms with Crippen LogP contribution in [0.4, 0.5) is 0 Å². The second-order valence-corrected chi connectivity index (χ2v) is 5.08. The number of thiophene rings is 1. The SMILES string of the molecule is C.O=C(O)Cc1ccc2c(c1)sc1ccccc12. The highest BCUT2D eigenvalue weighted by Gasteiger charge is 2.06. The largest absolute Gasteiger partial charge is 0.481 e. The van der Waals surface area contributed by atoms with Crippen LogP contribution in [0, 0.1) is 0 Å². The van der Waals surface area contributed by atoms with Crippen molar-refractivity contribution in [3.05, 3.63) is 48.0 Å². The predicted octanol–water partition coefficient (Wildman–Crippen LogP) is 4.32. The van der Waals surface area contributed by atoms with E-state index in [2.05, 4.69) is 12.1 Å². The minimum atomic E-state index is -0.787. The van der Waals surface area contributed by atoms with E-state index in [1.807, 2.05) is 30.3 Å². The number of rotatable bonds is 2. The summed E-state index contributed by atoms with van der Waals surface area (Å²) in [6, 6.07) is 14.1. The number of carbonyl (C=O) groups is 1. The Morgan fingerprint density at radius 2 is 1.78 bits per heavy atom. The zero-order valence-corrected chi connectivity index (χ0v) is 9.83. The van der Waals surface area contributed by atoms with Crippen LogP contribution in [0.2, 0.25) is 0 Å². The number of benzene rings is 2. The fraction of sp³-hybridized carbons (Fsp3) is 0.133. The van der Waals surface area contributed by atoms with Crippen molar-refractivity contribution >= 4 is 37.5 Å². The zero-order valence-electron chi connectivity index (χ0n) is 9.01. The summed E-state index contributed by atoms with van der Waals surface area (Å²) in [4.78, 5) is 10.7. The van der Waals surface area contributed by atoms with Crippen molar-refractivity contribution in [2.45, 2.75) is 13.8 Å². The summed E-state index contributed by atoms with van der Waals surface area (Å²) in [7, 11) is 0. The Hall–Kier alpha value is -1.87. The summed E-state index contributed by atoms with van der Waals surface area (Å²) >= 11 is 1.71. The van der Waals surface area contributed by atoms with Crippen molar-refractivity contribution in [2.75, 3.05) is 0 Å². The highest BCUT2D eigenvalue weighted by Crippen LogP contribution is 2.34. The topological polar surface area (TPSA) is 37.3 Å². The number of carboxylic acids is 1. The van der Waals surface area contributed by atoms with Gasteiger partial charge in [-0.1, -0.05) is 37.8 Å². The first-order valence-electron chi connectivity index (χ1n) is 5.36. The molecule has 18 heavy (non-hydrogen) atoms. The first-order chi connectivity index (χ1) is 8.24. The molecule has 0 amide bonds. The van der Waals surface area contributed by atoms with Gasteiger partial charge in [0.05, 0.1) is 6.42 Å². The molecule has 0 spiro atoms. The summed E-state index contributed by atoms with van der Waals surface area (Å²) in [5, 5.41) is 11.2. The van der Waals surface area contributed by atoms with Crippen molar-refractivity contribution in [1.29, 1.82) is 0 Å². The van der Waals surface area contributed by atoms with Crippen LogP contribution in [0.25, 0.3) is 20.2 Å². The Balaban J connectivity index is 0.00000120. The number of aliphatic carboxylic acids is 1. The van der Waals surface area contributed by atoms with Gasteiger partial charge in [-0.25, -0.2) is 0 Å². The van der Waals surface area contributed by atoms with Gasteiger partial charge in [0.1, 0.15) is 0 Å². The molecule has 1 N–H and O–H groups in total.